The standard InChI is InChI=1S/C17H16ClN5OS/c1-10(11-7-12(18)9-19-8-11)20-17-21-13-3-6-25-15(13)14(22-17)16(24)23-4-2-5-23/h3,6-10H,2,4-5H2,1H3,(H,20,21,22). The Hall–Kier alpha value is -2.25. The van der Waals surface area contributed by atoms with E-state index in [4.69, 9.17) is 11.6 Å². The molecule has 0 radical (unpaired) electrons. The third-order valence-electron chi connectivity index (χ3n) is 4.22. The maximum absolute atomic E-state index is 12.7. The Morgan fingerprint density at radius 1 is 1.36 bits per heavy atom. The zero-order chi connectivity index (χ0) is 17.4. The molecule has 1 unspecified atom stereocenters. The van der Waals surface area contributed by atoms with Crippen molar-refractivity contribution in [3.8, 4) is 0 Å². The van der Waals surface area contributed by atoms with E-state index in [1.54, 1.807) is 12.4 Å². The number of halogens is 1. The van der Waals surface area contributed by atoms with Crippen LogP contribution in [0.2, 0.25) is 5.02 Å². The predicted octanol–water partition coefficient (Wildman–Crippen LogP) is 3.76. The van der Waals surface area contributed by atoms with Gasteiger partial charge in [0.25, 0.3) is 5.91 Å². The largest absolute Gasteiger partial charge is 0.348 e. The summed E-state index contributed by atoms with van der Waals surface area (Å²) in [6.07, 6.45) is 4.39. The van der Waals surface area contributed by atoms with E-state index in [1.807, 2.05) is 29.3 Å². The number of hydrogen-bond acceptors (Lipinski definition) is 6. The molecule has 4 rings (SSSR count). The van der Waals surface area contributed by atoms with Gasteiger partial charge in [-0.25, -0.2) is 9.97 Å². The molecule has 3 aromatic heterocycles. The van der Waals surface area contributed by atoms with Gasteiger partial charge in [-0.3, -0.25) is 9.78 Å². The van der Waals surface area contributed by atoms with Gasteiger partial charge in [-0.1, -0.05) is 11.6 Å². The van der Waals surface area contributed by atoms with Crippen LogP contribution >= 0.6 is 22.9 Å². The van der Waals surface area contributed by atoms with Crippen molar-refractivity contribution in [3.63, 3.8) is 0 Å². The number of thiophene rings is 1. The minimum absolute atomic E-state index is 0.0266. The maximum atomic E-state index is 12.7. The van der Waals surface area contributed by atoms with E-state index < -0.39 is 0 Å². The first-order valence-electron chi connectivity index (χ1n) is 8.03. The highest BCUT2D eigenvalue weighted by Gasteiger charge is 2.26. The fourth-order valence-electron chi connectivity index (χ4n) is 2.68. The number of anilines is 1. The second-order valence-electron chi connectivity index (χ2n) is 5.98. The molecule has 4 heterocycles. The summed E-state index contributed by atoms with van der Waals surface area (Å²) in [6, 6.07) is 3.67. The summed E-state index contributed by atoms with van der Waals surface area (Å²) in [5.74, 6) is 0.406. The number of hydrogen-bond donors (Lipinski definition) is 1. The normalized spacial score (nSPS) is 15.0. The van der Waals surface area contributed by atoms with Gasteiger partial charge in [0, 0.05) is 25.5 Å². The molecular weight excluding hydrogens is 358 g/mol. The summed E-state index contributed by atoms with van der Waals surface area (Å²) >= 11 is 7.50. The predicted molar refractivity (Wildman–Crippen MR) is 99.2 cm³/mol. The van der Waals surface area contributed by atoms with Crippen LogP contribution in [0, 0.1) is 0 Å². The van der Waals surface area contributed by atoms with E-state index in [2.05, 4.69) is 20.3 Å². The van der Waals surface area contributed by atoms with Gasteiger partial charge >= 0.3 is 0 Å². The zero-order valence-corrected chi connectivity index (χ0v) is 15.1. The highest BCUT2D eigenvalue weighted by atomic mass is 35.5. The van der Waals surface area contributed by atoms with E-state index in [9.17, 15) is 4.79 Å². The molecule has 1 atom stereocenters. The lowest BCUT2D eigenvalue weighted by molar-refractivity contribution is 0.0648. The summed E-state index contributed by atoms with van der Waals surface area (Å²) < 4.78 is 0.833. The fourth-order valence-corrected chi connectivity index (χ4v) is 3.68. The molecule has 128 valence electrons. The van der Waals surface area contributed by atoms with Crippen LogP contribution < -0.4 is 5.32 Å². The third-order valence-corrected chi connectivity index (χ3v) is 5.34. The lowest BCUT2D eigenvalue weighted by Crippen LogP contribution is -2.42. The Bertz CT molecular complexity index is 940. The van der Waals surface area contributed by atoms with Crippen LogP contribution in [0.5, 0.6) is 0 Å². The average Bonchev–Trinajstić information content (AvgIpc) is 3.00. The van der Waals surface area contributed by atoms with E-state index in [0.717, 1.165) is 35.3 Å². The first-order valence-corrected chi connectivity index (χ1v) is 9.29. The molecule has 1 N–H and O–H groups in total. The fraction of sp³-hybridized carbons (Fsp3) is 0.294. The number of fused-ring (bicyclic) bond motifs is 1. The smallest absolute Gasteiger partial charge is 0.274 e. The molecule has 0 spiro atoms. The number of nitrogens with one attached hydrogen (secondary N) is 1. The first kappa shape index (κ1) is 16.2. The van der Waals surface area contributed by atoms with Gasteiger partial charge < -0.3 is 10.2 Å². The molecule has 0 bridgehead atoms. The number of likely N-dealkylation sites (tertiary alicyclic amines) is 1. The van der Waals surface area contributed by atoms with Crippen LogP contribution in [-0.2, 0) is 0 Å². The maximum Gasteiger partial charge on any atom is 0.274 e. The van der Waals surface area contributed by atoms with Crippen molar-refractivity contribution < 1.29 is 4.79 Å². The van der Waals surface area contributed by atoms with Crippen LogP contribution in [0.1, 0.15) is 35.4 Å². The van der Waals surface area contributed by atoms with Gasteiger partial charge in [0.15, 0.2) is 5.69 Å². The molecule has 25 heavy (non-hydrogen) atoms. The third kappa shape index (κ3) is 3.17. The van der Waals surface area contributed by atoms with Crippen LogP contribution in [-0.4, -0.2) is 38.8 Å². The van der Waals surface area contributed by atoms with E-state index in [1.165, 1.54) is 11.3 Å². The van der Waals surface area contributed by atoms with Crippen LogP contribution in [0.3, 0.4) is 0 Å². The molecule has 6 nitrogen and oxygen atoms in total. The number of pyridine rings is 1. The van der Waals surface area contributed by atoms with Gasteiger partial charge in [-0.2, -0.15) is 0 Å². The Balaban J connectivity index is 1.66. The minimum atomic E-state index is -0.0887. The number of amides is 1. The molecule has 1 fully saturated rings. The topological polar surface area (TPSA) is 71.0 Å². The highest BCUT2D eigenvalue weighted by Crippen LogP contribution is 2.27. The Morgan fingerprint density at radius 2 is 2.20 bits per heavy atom. The number of nitrogens with zero attached hydrogens (tertiary/aromatic N) is 4. The first-order chi connectivity index (χ1) is 12.1. The SMILES string of the molecule is CC(Nc1nc(C(=O)N2CCC2)c2sccc2n1)c1cncc(Cl)c1. The van der Waals surface area contributed by atoms with Gasteiger partial charge in [0.2, 0.25) is 5.95 Å². The van der Waals surface area contributed by atoms with Crippen molar-refractivity contribution in [2.75, 3.05) is 18.4 Å². The molecule has 1 aliphatic rings. The summed E-state index contributed by atoms with van der Waals surface area (Å²) in [7, 11) is 0. The van der Waals surface area contributed by atoms with Crippen LogP contribution in [0.15, 0.2) is 29.9 Å². The molecular formula is C17H16ClN5OS. The molecule has 1 amide bonds. The van der Waals surface area contributed by atoms with E-state index in [0.29, 0.717) is 16.7 Å². The summed E-state index contributed by atoms with van der Waals surface area (Å²) in [5, 5.41) is 5.76. The lowest BCUT2D eigenvalue weighted by atomic mass is 10.1. The van der Waals surface area contributed by atoms with Crippen molar-refractivity contribution in [2.45, 2.75) is 19.4 Å². The molecule has 0 aliphatic carbocycles. The average molecular weight is 374 g/mol. The Labute approximate surface area is 153 Å². The summed E-state index contributed by atoms with van der Waals surface area (Å²) in [6.45, 7) is 3.57. The summed E-state index contributed by atoms with van der Waals surface area (Å²) in [5.41, 5.74) is 2.18. The van der Waals surface area contributed by atoms with Crippen molar-refractivity contribution in [1.29, 1.82) is 0 Å². The quantitative estimate of drug-likeness (QED) is 0.753. The number of aromatic nitrogens is 3. The van der Waals surface area contributed by atoms with Crippen molar-refractivity contribution >= 4 is 45.0 Å². The molecule has 8 heteroatoms. The highest BCUT2D eigenvalue weighted by molar-refractivity contribution is 7.17. The Kier molecular flexibility index (Phi) is 4.27. The molecule has 0 saturated carbocycles. The van der Waals surface area contributed by atoms with Crippen molar-refractivity contribution in [2.24, 2.45) is 0 Å². The number of rotatable bonds is 4. The number of carbonyl (C=O) groups excluding carboxylic acids is 1. The lowest BCUT2D eigenvalue weighted by Gasteiger charge is -2.30. The van der Waals surface area contributed by atoms with Crippen molar-refractivity contribution in [3.05, 3.63) is 46.2 Å². The zero-order valence-electron chi connectivity index (χ0n) is 13.6. The molecule has 3 aromatic rings. The molecule has 0 aromatic carbocycles. The van der Waals surface area contributed by atoms with Crippen LogP contribution in [0.4, 0.5) is 5.95 Å². The van der Waals surface area contributed by atoms with Gasteiger partial charge in [0.05, 0.1) is 21.3 Å². The van der Waals surface area contributed by atoms with E-state index in [-0.39, 0.29) is 11.9 Å². The minimum Gasteiger partial charge on any atom is -0.348 e. The molecule has 1 aliphatic heterocycles. The summed E-state index contributed by atoms with van der Waals surface area (Å²) in [4.78, 5) is 27.6. The van der Waals surface area contributed by atoms with Crippen LogP contribution in [0.25, 0.3) is 10.2 Å². The van der Waals surface area contributed by atoms with E-state index >= 15 is 0 Å². The van der Waals surface area contributed by atoms with Gasteiger partial charge in [-0.15, -0.1) is 11.3 Å². The molecule has 1 saturated heterocycles. The van der Waals surface area contributed by atoms with Gasteiger partial charge in [0.1, 0.15) is 0 Å². The second-order valence-corrected chi connectivity index (χ2v) is 7.33. The second kappa shape index (κ2) is 6.57. The Morgan fingerprint density at radius 3 is 2.92 bits per heavy atom. The van der Waals surface area contributed by atoms with Crippen molar-refractivity contribution in [1.82, 2.24) is 19.9 Å². The number of carbonyl (C=O) groups is 1. The monoisotopic (exact) mass is 373 g/mol. The van der Waals surface area contributed by atoms with Gasteiger partial charge in [-0.05, 0) is 36.4 Å².